The monoisotopic (exact) mass is 486 g/mol. The molecule has 4 rings (SSSR count). The van der Waals surface area contributed by atoms with E-state index in [-0.39, 0.29) is 12.0 Å². The van der Waals surface area contributed by atoms with E-state index in [1.807, 2.05) is 0 Å². The molecule has 5 heteroatoms. The third-order valence-electron chi connectivity index (χ3n) is 11.0. The van der Waals surface area contributed by atoms with Crippen LogP contribution in [0.3, 0.4) is 0 Å². The van der Waals surface area contributed by atoms with Gasteiger partial charge in [-0.25, -0.2) is 4.79 Å². The molecule has 0 aromatic carbocycles. The fraction of sp³-hybridized carbons (Fsp3) is 0.867. The van der Waals surface area contributed by atoms with E-state index in [4.69, 9.17) is 5.11 Å². The maximum atomic E-state index is 11.2. The van der Waals surface area contributed by atoms with Crippen molar-refractivity contribution in [3.63, 3.8) is 0 Å². The van der Waals surface area contributed by atoms with Gasteiger partial charge in [-0.2, -0.15) is 0 Å². The smallest absolute Gasteiger partial charge is 0.404 e. The van der Waals surface area contributed by atoms with Gasteiger partial charge in [0.25, 0.3) is 0 Å². The minimum Gasteiger partial charge on any atom is -0.465 e. The Morgan fingerprint density at radius 2 is 1.91 bits per heavy atom. The van der Waals surface area contributed by atoms with Gasteiger partial charge in [-0.15, -0.1) is 0 Å². The Hall–Kier alpha value is -1.36. The van der Waals surface area contributed by atoms with Crippen LogP contribution in [0.15, 0.2) is 16.6 Å². The Bertz CT molecular complexity index is 837. The molecule has 0 aromatic rings. The van der Waals surface area contributed by atoms with E-state index < -0.39 is 11.8 Å². The van der Waals surface area contributed by atoms with Crippen molar-refractivity contribution in [1.29, 1.82) is 0 Å². The third kappa shape index (κ3) is 5.22. The van der Waals surface area contributed by atoms with E-state index in [1.165, 1.54) is 56.7 Å². The van der Waals surface area contributed by atoms with Gasteiger partial charge in [0.1, 0.15) is 0 Å². The number of fused-ring (bicyclic) bond motifs is 5. The lowest BCUT2D eigenvalue weighted by Crippen LogP contribution is -2.52. The molecule has 3 N–H and O–H groups in total. The molecule has 5 nitrogen and oxygen atoms in total. The van der Waals surface area contributed by atoms with Crippen LogP contribution < -0.4 is 5.32 Å². The Morgan fingerprint density at radius 1 is 1.14 bits per heavy atom. The summed E-state index contributed by atoms with van der Waals surface area (Å²) in [6, 6.07) is 0. The van der Waals surface area contributed by atoms with Gasteiger partial charge in [0.2, 0.25) is 0 Å². The topological polar surface area (TPSA) is 81.9 Å². The minimum atomic E-state index is -1.09. The van der Waals surface area contributed by atoms with Crippen molar-refractivity contribution in [2.45, 2.75) is 111 Å². The maximum Gasteiger partial charge on any atom is 0.404 e. The number of carboxylic acid groups (broad SMARTS) is 1. The SMILES string of the molecule is CC(C)CCC[C@@H](C)[C@H]1CC[C@H]2[C@@H]3CC=C4C[C@@](O)(N=CCNC(=O)O)CC[C@]4(C)[C@H]3CC[C@]12C. The summed E-state index contributed by atoms with van der Waals surface area (Å²) in [7, 11) is 0. The highest BCUT2D eigenvalue weighted by molar-refractivity contribution is 5.70. The molecule has 0 aliphatic heterocycles. The first-order valence-electron chi connectivity index (χ1n) is 14.4. The zero-order valence-corrected chi connectivity index (χ0v) is 22.9. The second-order valence-electron chi connectivity index (χ2n) is 13.4. The molecule has 0 unspecified atom stereocenters. The molecule has 4 aliphatic carbocycles. The quantitative estimate of drug-likeness (QED) is 0.254. The molecule has 0 saturated heterocycles. The summed E-state index contributed by atoms with van der Waals surface area (Å²) in [6.45, 7) is 12.5. The summed E-state index contributed by atoms with van der Waals surface area (Å²) in [5, 5.41) is 22.2. The van der Waals surface area contributed by atoms with E-state index in [0.29, 0.717) is 18.3 Å². The van der Waals surface area contributed by atoms with E-state index >= 15 is 0 Å². The number of rotatable bonds is 8. The van der Waals surface area contributed by atoms with Gasteiger partial charge in [0.05, 0.1) is 6.54 Å². The third-order valence-corrected chi connectivity index (χ3v) is 11.0. The van der Waals surface area contributed by atoms with Crippen LogP contribution in [0.5, 0.6) is 0 Å². The van der Waals surface area contributed by atoms with Gasteiger partial charge in [0.15, 0.2) is 5.72 Å². The average Bonchev–Trinajstić information content (AvgIpc) is 3.14. The molecule has 3 fully saturated rings. The molecule has 0 radical (unpaired) electrons. The Morgan fingerprint density at radius 3 is 2.63 bits per heavy atom. The van der Waals surface area contributed by atoms with Crippen LogP contribution in [0.25, 0.3) is 0 Å². The fourth-order valence-electron chi connectivity index (χ4n) is 9.11. The normalized spacial score (nSPS) is 41.7. The molecule has 35 heavy (non-hydrogen) atoms. The highest BCUT2D eigenvalue weighted by atomic mass is 16.4. The van der Waals surface area contributed by atoms with Gasteiger partial charge in [0, 0.05) is 12.6 Å². The number of hydrogen-bond acceptors (Lipinski definition) is 3. The zero-order valence-electron chi connectivity index (χ0n) is 22.9. The van der Waals surface area contributed by atoms with Crippen molar-refractivity contribution in [2.75, 3.05) is 6.54 Å². The highest BCUT2D eigenvalue weighted by Crippen LogP contribution is 2.67. The summed E-state index contributed by atoms with van der Waals surface area (Å²) in [5.74, 6) is 4.87. The largest absolute Gasteiger partial charge is 0.465 e. The molecular weight excluding hydrogens is 436 g/mol. The summed E-state index contributed by atoms with van der Waals surface area (Å²) < 4.78 is 0. The van der Waals surface area contributed by atoms with Crippen LogP contribution in [0.4, 0.5) is 4.79 Å². The second kappa shape index (κ2) is 10.2. The standard InChI is InChI=1S/C30H50N2O3/c1-20(2)7-6-8-21(3)24-11-12-25-23-10-9-22-19-30(35,32-18-17-31-27(33)34)16-15-28(22,4)26(23)13-14-29(24,25)5/h9,18,20-21,23-26,31,35H,6-8,10-17,19H2,1-5H3,(H,33,34)/t21-,23+,24-,25+,26+,28+,29-,30-/m1/s1. The molecule has 0 spiro atoms. The van der Waals surface area contributed by atoms with Crippen molar-refractivity contribution in [2.24, 2.45) is 51.3 Å². The summed E-state index contributed by atoms with van der Waals surface area (Å²) in [6.07, 6.45) is 15.9. The van der Waals surface area contributed by atoms with Crippen LogP contribution in [-0.4, -0.2) is 34.8 Å². The number of nitrogens with one attached hydrogen (secondary N) is 1. The number of nitrogens with zero attached hydrogens (tertiary/aromatic N) is 1. The van der Waals surface area contributed by atoms with E-state index in [2.05, 4.69) is 51.0 Å². The van der Waals surface area contributed by atoms with Crippen molar-refractivity contribution in [3.8, 4) is 0 Å². The van der Waals surface area contributed by atoms with Crippen LogP contribution >= 0.6 is 0 Å². The lowest BCUT2D eigenvalue weighted by Gasteiger charge is -2.59. The van der Waals surface area contributed by atoms with E-state index in [9.17, 15) is 9.90 Å². The fourth-order valence-corrected chi connectivity index (χ4v) is 9.11. The van der Waals surface area contributed by atoms with Gasteiger partial charge >= 0.3 is 6.09 Å². The first-order valence-corrected chi connectivity index (χ1v) is 14.4. The minimum absolute atomic E-state index is 0.135. The Balaban J connectivity index is 1.44. The molecule has 198 valence electrons. The summed E-state index contributed by atoms with van der Waals surface area (Å²) in [4.78, 5) is 15.1. The van der Waals surface area contributed by atoms with Crippen LogP contribution in [-0.2, 0) is 0 Å². The molecule has 8 atom stereocenters. The average molecular weight is 487 g/mol. The predicted molar refractivity (Wildman–Crippen MR) is 143 cm³/mol. The van der Waals surface area contributed by atoms with Gasteiger partial charge in [-0.05, 0) is 91.3 Å². The molecule has 0 aromatic heterocycles. The van der Waals surface area contributed by atoms with Crippen molar-refractivity contribution in [1.82, 2.24) is 5.32 Å². The van der Waals surface area contributed by atoms with Crippen molar-refractivity contribution in [3.05, 3.63) is 11.6 Å². The van der Waals surface area contributed by atoms with E-state index in [1.54, 1.807) is 0 Å². The van der Waals surface area contributed by atoms with Crippen molar-refractivity contribution < 1.29 is 15.0 Å². The Kier molecular flexibility index (Phi) is 7.77. The van der Waals surface area contributed by atoms with Gasteiger partial charge in [-0.3, -0.25) is 4.99 Å². The lowest BCUT2D eigenvalue weighted by atomic mass is 9.46. The molecule has 3 saturated carbocycles. The van der Waals surface area contributed by atoms with Gasteiger partial charge in [-0.1, -0.05) is 65.5 Å². The molecule has 0 heterocycles. The predicted octanol–water partition coefficient (Wildman–Crippen LogP) is 7.05. The second-order valence-corrected chi connectivity index (χ2v) is 13.4. The lowest BCUT2D eigenvalue weighted by molar-refractivity contribution is -0.0725. The zero-order chi connectivity index (χ0) is 25.4. The Labute approximate surface area is 213 Å². The summed E-state index contributed by atoms with van der Waals surface area (Å²) >= 11 is 0. The number of aliphatic hydroxyl groups is 1. The van der Waals surface area contributed by atoms with Crippen LogP contribution in [0, 0.1) is 46.3 Å². The number of carbonyl (C=O) groups is 1. The number of allylic oxidation sites excluding steroid dienone is 1. The van der Waals surface area contributed by atoms with Crippen LogP contribution in [0.1, 0.15) is 105 Å². The first kappa shape index (κ1) is 26.7. The molecular formula is C30H50N2O3. The summed E-state index contributed by atoms with van der Waals surface area (Å²) in [5.41, 5.74) is 0.977. The molecule has 0 bridgehead atoms. The highest BCUT2D eigenvalue weighted by Gasteiger charge is 2.59. The molecule has 4 aliphatic rings. The first-order chi connectivity index (χ1) is 16.5. The van der Waals surface area contributed by atoms with E-state index in [0.717, 1.165) is 48.3 Å². The maximum absolute atomic E-state index is 11.2. The number of aliphatic imine (C=N–C) groups is 1. The number of amides is 1. The molecule has 1 amide bonds. The van der Waals surface area contributed by atoms with Gasteiger partial charge < -0.3 is 15.5 Å². The van der Waals surface area contributed by atoms with Crippen molar-refractivity contribution >= 4 is 12.3 Å². The van der Waals surface area contributed by atoms with Crippen LogP contribution in [0.2, 0.25) is 0 Å². The number of hydrogen-bond donors (Lipinski definition) is 3.